The Bertz CT molecular complexity index is 1340. The first-order valence-electron chi connectivity index (χ1n) is 11.3. The molecule has 5 rings (SSSR count). The predicted molar refractivity (Wildman–Crippen MR) is 130 cm³/mol. The summed E-state index contributed by atoms with van der Waals surface area (Å²) >= 11 is 0. The second-order valence-corrected chi connectivity index (χ2v) is 8.47. The van der Waals surface area contributed by atoms with Gasteiger partial charge in [-0.2, -0.15) is 5.10 Å². The highest BCUT2D eigenvalue weighted by atomic mass is 16.5. The molecule has 1 fully saturated rings. The molecule has 3 N–H and O–H groups in total. The fourth-order valence-electron chi connectivity index (χ4n) is 4.56. The minimum absolute atomic E-state index is 0.0296. The standard InChI is InChI=1S/C26H27N5O3/c1-27-23(26(33)31-11-10-19(32)15-31)17-7-5-6-16(12-17)18-13-21-24(29-30-25(21)28-14-18)20-8-3-4-9-22(20)34-2/h3-9,12-14,19,23,27,32H,10-11,15H2,1-2H3,(H,28,29,30). The number of aliphatic hydroxyl groups excluding tert-OH is 1. The number of likely N-dealkylation sites (N-methyl/N-ethyl adjacent to an activating group) is 1. The van der Waals surface area contributed by atoms with Crippen molar-refractivity contribution >= 4 is 16.9 Å². The lowest BCUT2D eigenvalue weighted by molar-refractivity contribution is -0.132. The third-order valence-corrected chi connectivity index (χ3v) is 6.34. The van der Waals surface area contributed by atoms with E-state index in [1.807, 2.05) is 48.5 Å². The summed E-state index contributed by atoms with van der Waals surface area (Å²) in [6.45, 7) is 0.953. The second-order valence-electron chi connectivity index (χ2n) is 8.47. The van der Waals surface area contributed by atoms with Crippen LogP contribution in [0.1, 0.15) is 18.0 Å². The molecule has 8 nitrogen and oxygen atoms in total. The Morgan fingerprint density at radius 2 is 2.06 bits per heavy atom. The van der Waals surface area contributed by atoms with Crippen molar-refractivity contribution in [1.82, 2.24) is 25.4 Å². The molecular formula is C26H27N5O3. The molecule has 4 aromatic rings. The number of β-amino-alcohol motifs (C(OH)–C–C–N with tert-alkyl or cyclic N) is 1. The number of fused-ring (bicyclic) bond motifs is 1. The molecule has 34 heavy (non-hydrogen) atoms. The quantitative estimate of drug-likeness (QED) is 0.411. The van der Waals surface area contributed by atoms with E-state index in [1.54, 1.807) is 25.3 Å². The number of pyridine rings is 1. The number of aromatic nitrogens is 3. The Balaban J connectivity index is 1.51. The molecule has 0 radical (unpaired) electrons. The number of nitrogens with zero attached hydrogens (tertiary/aromatic N) is 3. The Hall–Kier alpha value is -3.75. The first kappa shape index (κ1) is 22.1. The van der Waals surface area contributed by atoms with Gasteiger partial charge in [0.25, 0.3) is 0 Å². The van der Waals surface area contributed by atoms with Crippen LogP contribution in [0.4, 0.5) is 0 Å². The van der Waals surface area contributed by atoms with Gasteiger partial charge in [-0.25, -0.2) is 4.98 Å². The number of para-hydroxylation sites is 1. The molecule has 0 saturated carbocycles. The van der Waals surface area contributed by atoms with Gasteiger partial charge in [-0.1, -0.05) is 30.3 Å². The second kappa shape index (κ2) is 9.24. The van der Waals surface area contributed by atoms with E-state index in [0.717, 1.165) is 39.1 Å². The Kier molecular flexibility index (Phi) is 6.00. The zero-order valence-corrected chi connectivity index (χ0v) is 19.2. The van der Waals surface area contributed by atoms with Gasteiger partial charge >= 0.3 is 0 Å². The van der Waals surface area contributed by atoms with E-state index in [1.165, 1.54) is 0 Å². The minimum atomic E-state index is -0.486. The number of hydrogen-bond donors (Lipinski definition) is 3. The number of hydrogen-bond acceptors (Lipinski definition) is 6. The van der Waals surface area contributed by atoms with Crippen LogP contribution in [0.3, 0.4) is 0 Å². The largest absolute Gasteiger partial charge is 0.496 e. The van der Waals surface area contributed by atoms with Gasteiger partial charge in [0.2, 0.25) is 5.91 Å². The number of aliphatic hydroxyl groups is 1. The lowest BCUT2D eigenvalue weighted by Gasteiger charge is -2.23. The van der Waals surface area contributed by atoms with E-state index in [-0.39, 0.29) is 5.91 Å². The van der Waals surface area contributed by atoms with Gasteiger partial charge in [0, 0.05) is 35.8 Å². The molecule has 2 aromatic heterocycles. The van der Waals surface area contributed by atoms with Gasteiger partial charge in [0.05, 0.1) is 13.2 Å². The van der Waals surface area contributed by atoms with E-state index in [2.05, 4.69) is 26.6 Å². The molecule has 1 saturated heterocycles. The van der Waals surface area contributed by atoms with Gasteiger partial charge in [-0.05, 0) is 48.9 Å². The molecule has 1 aliphatic heterocycles. The molecule has 1 amide bonds. The molecule has 0 bridgehead atoms. The SMILES string of the molecule is CNC(C(=O)N1CCC(O)C1)c1cccc(-c2cnc3[nH]nc(-c4ccccc4OC)c3c2)c1. The molecule has 3 heterocycles. The summed E-state index contributed by atoms with van der Waals surface area (Å²) in [6, 6.07) is 17.2. The lowest BCUT2D eigenvalue weighted by Crippen LogP contribution is -2.39. The zero-order valence-electron chi connectivity index (χ0n) is 19.2. The highest BCUT2D eigenvalue weighted by Gasteiger charge is 2.30. The average molecular weight is 458 g/mol. The van der Waals surface area contributed by atoms with Crippen molar-refractivity contribution in [3.8, 4) is 28.1 Å². The zero-order chi connectivity index (χ0) is 23.7. The van der Waals surface area contributed by atoms with Crippen molar-refractivity contribution in [2.24, 2.45) is 0 Å². The number of carbonyl (C=O) groups is 1. The number of likely N-dealkylation sites (tertiary alicyclic amines) is 1. The number of nitrogens with one attached hydrogen (secondary N) is 2. The number of carbonyl (C=O) groups excluding carboxylic acids is 1. The van der Waals surface area contributed by atoms with Crippen molar-refractivity contribution in [2.45, 2.75) is 18.6 Å². The van der Waals surface area contributed by atoms with Crippen LogP contribution in [-0.4, -0.2) is 64.4 Å². The number of ether oxygens (including phenoxy) is 1. The smallest absolute Gasteiger partial charge is 0.244 e. The summed E-state index contributed by atoms with van der Waals surface area (Å²) in [7, 11) is 3.42. The molecule has 2 aromatic carbocycles. The number of amides is 1. The van der Waals surface area contributed by atoms with Crippen molar-refractivity contribution in [2.75, 3.05) is 27.2 Å². The highest BCUT2D eigenvalue weighted by molar-refractivity contribution is 5.95. The Morgan fingerprint density at radius 3 is 2.82 bits per heavy atom. The molecule has 0 spiro atoms. The van der Waals surface area contributed by atoms with Crippen molar-refractivity contribution in [3.63, 3.8) is 0 Å². The first-order chi connectivity index (χ1) is 16.6. The van der Waals surface area contributed by atoms with Gasteiger partial charge in [0.1, 0.15) is 17.5 Å². The highest BCUT2D eigenvalue weighted by Crippen LogP contribution is 2.34. The van der Waals surface area contributed by atoms with Gasteiger partial charge in [-0.3, -0.25) is 9.89 Å². The van der Waals surface area contributed by atoms with E-state index in [0.29, 0.717) is 25.2 Å². The molecular weight excluding hydrogens is 430 g/mol. The third kappa shape index (κ3) is 4.02. The lowest BCUT2D eigenvalue weighted by atomic mass is 9.98. The van der Waals surface area contributed by atoms with E-state index >= 15 is 0 Å². The maximum absolute atomic E-state index is 13.1. The molecule has 1 aliphatic rings. The van der Waals surface area contributed by atoms with Crippen molar-refractivity contribution < 1.29 is 14.6 Å². The topological polar surface area (TPSA) is 103 Å². The van der Waals surface area contributed by atoms with E-state index in [4.69, 9.17) is 4.74 Å². The number of rotatable bonds is 6. The van der Waals surface area contributed by atoms with Crippen LogP contribution in [0.2, 0.25) is 0 Å². The maximum Gasteiger partial charge on any atom is 0.244 e. The summed E-state index contributed by atoms with van der Waals surface area (Å²) in [5, 5.41) is 21.4. The summed E-state index contributed by atoms with van der Waals surface area (Å²) in [5.74, 6) is 0.712. The molecule has 8 heteroatoms. The van der Waals surface area contributed by atoms with Gasteiger partial charge in [0.15, 0.2) is 5.65 Å². The van der Waals surface area contributed by atoms with Crippen LogP contribution < -0.4 is 10.1 Å². The maximum atomic E-state index is 13.1. The van der Waals surface area contributed by atoms with E-state index in [9.17, 15) is 9.90 Å². The molecule has 174 valence electrons. The molecule has 2 unspecified atom stereocenters. The summed E-state index contributed by atoms with van der Waals surface area (Å²) in [5.41, 5.74) is 5.09. The van der Waals surface area contributed by atoms with Crippen LogP contribution in [0, 0.1) is 0 Å². The van der Waals surface area contributed by atoms with Crippen LogP contribution in [0.15, 0.2) is 60.8 Å². The molecule has 0 aliphatic carbocycles. The monoisotopic (exact) mass is 457 g/mol. The fourth-order valence-corrected chi connectivity index (χ4v) is 4.56. The van der Waals surface area contributed by atoms with Crippen LogP contribution in [0.25, 0.3) is 33.4 Å². The number of methoxy groups -OCH3 is 1. The number of H-pyrrole nitrogens is 1. The number of benzene rings is 2. The normalized spacial score (nSPS) is 16.7. The summed E-state index contributed by atoms with van der Waals surface area (Å²) in [6.07, 6.45) is 1.98. The first-order valence-corrected chi connectivity index (χ1v) is 11.3. The van der Waals surface area contributed by atoms with Crippen LogP contribution in [0.5, 0.6) is 5.75 Å². The third-order valence-electron chi connectivity index (χ3n) is 6.34. The summed E-state index contributed by atoms with van der Waals surface area (Å²) in [4.78, 5) is 19.4. The molecule has 2 atom stereocenters. The van der Waals surface area contributed by atoms with Crippen molar-refractivity contribution in [1.29, 1.82) is 0 Å². The van der Waals surface area contributed by atoms with E-state index < -0.39 is 12.1 Å². The van der Waals surface area contributed by atoms with Gasteiger partial charge in [-0.15, -0.1) is 0 Å². The van der Waals surface area contributed by atoms with Crippen molar-refractivity contribution in [3.05, 3.63) is 66.4 Å². The minimum Gasteiger partial charge on any atom is -0.496 e. The number of aromatic amines is 1. The summed E-state index contributed by atoms with van der Waals surface area (Å²) < 4.78 is 5.53. The van der Waals surface area contributed by atoms with Crippen LogP contribution in [-0.2, 0) is 4.79 Å². The van der Waals surface area contributed by atoms with Gasteiger partial charge < -0.3 is 20.1 Å². The van der Waals surface area contributed by atoms with Crippen LogP contribution >= 0.6 is 0 Å². The Morgan fingerprint density at radius 1 is 1.21 bits per heavy atom. The Labute approximate surface area is 197 Å². The predicted octanol–water partition coefficient (Wildman–Crippen LogP) is 3.15. The average Bonchev–Trinajstić information content (AvgIpc) is 3.50. The fraction of sp³-hybridized carbons (Fsp3) is 0.269.